The van der Waals surface area contributed by atoms with Crippen molar-refractivity contribution in [2.45, 2.75) is 6.10 Å². The fraction of sp³-hybridized carbons (Fsp3) is 0.267. The Kier molecular flexibility index (Phi) is 4.96. The number of nitrogens with one attached hydrogen (secondary N) is 2. The van der Waals surface area contributed by atoms with E-state index < -0.39 is 6.10 Å². The molecule has 1 aliphatic rings. The van der Waals surface area contributed by atoms with Crippen LogP contribution in [0.15, 0.2) is 35.8 Å². The van der Waals surface area contributed by atoms with Crippen LogP contribution in [0.1, 0.15) is 10.4 Å². The highest BCUT2D eigenvalue weighted by Crippen LogP contribution is 2.15. The Labute approximate surface area is 136 Å². The number of amides is 2. The van der Waals surface area contributed by atoms with Crippen LogP contribution >= 0.6 is 11.3 Å². The topological polar surface area (TPSA) is 89.6 Å². The number of aromatic nitrogens is 1. The molecule has 1 aromatic carbocycles. The summed E-state index contributed by atoms with van der Waals surface area (Å²) in [6.07, 6.45) is 1.02. The Morgan fingerprint density at radius 3 is 2.65 bits per heavy atom. The summed E-state index contributed by atoms with van der Waals surface area (Å²) in [6.45, 7) is 1.17. The lowest BCUT2D eigenvalue weighted by molar-refractivity contribution is -0.142. The SMILES string of the molecule is O=C(Nc1nccs1)c1ccc(NC(=O)C2COCCO2)cc1. The molecule has 120 valence electrons. The first-order valence-electron chi connectivity index (χ1n) is 7.03. The van der Waals surface area contributed by atoms with E-state index in [2.05, 4.69) is 15.6 Å². The van der Waals surface area contributed by atoms with Gasteiger partial charge in [0.25, 0.3) is 11.8 Å². The van der Waals surface area contributed by atoms with Crippen molar-refractivity contribution in [3.63, 3.8) is 0 Å². The fourth-order valence-corrected chi connectivity index (χ4v) is 2.55. The van der Waals surface area contributed by atoms with Crippen LogP contribution in [-0.4, -0.2) is 42.7 Å². The van der Waals surface area contributed by atoms with Gasteiger partial charge < -0.3 is 14.8 Å². The van der Waals surface area contributed by atoms with E-state index in [9.17, 15) is 9.59 Å². The quantitative estimate of drug-likeness (QED) is 0.890. The summed E-state index contributed by atoms with van der Waals surface area (Å²) in [5.41, 5.74) is 1.07. The zero-order chi connectivity index (χ0) is 16.1. The number of carbonyl (C=O) groups excluding carboxylic acids is 2. The number of benzene rings is 1. The smallest absolute Gasteiger partial charge is 0.257 e. The van der Waals surface area contributed by atoms with E-state index in [-0.39, 0.29) is 18.4 Å². The first-order valence-corrected chi connectivity index (χ1v) is 7.91. The molecule has 1 saturated heterocycles. The summed E-state index contributed by atoms with van der Waals surface area (Å²) in [6, 6.07) is 6.60. The molecule has 2 amide bonds. The minimum absolute atomic E-state index is 0.248. The fourth-order valence-electron chi connectivity index (χ4n) is 2.02. The molecule has 0 aliphatic carbocycles. The summed E-state index contributed by atoms with van der Waals surface area (Å²) in [7, 11) is 0. The van der Waals surface area contributed by atoms with Crippen LogP contribution in [0.3, 0.4) is 0 Å². The van der Waals surface area contributed by atoms with Gasteiger partial charge in [-0.1, -0.05) is 0 Å². The van der Waals surface area contributed by atoms with Gasteiger partial charge in [0, 0.05) is 22.8 Å². The van der Waals surface area contributed by atoms with Gasteiger partial charge in [-0.2, -0.15) is 0 Å². The minimum atomic E-state index is -0.600. The average Bonchev–Trinajstić information content (AvgIpc) is 3.09. The second kappa shape index (κ2) is 7.32. The summed E-state index contributed by atoms with van der Waals surface area (Å²) >= 11 is 1.35. The second-order valence-corrected chi connectivity index (χ2v) is 5.69. The number of hydrogen-bond donors (Lipinski definition) is 2. The summed E-state index contributed by atoms with van der Waals surface area (Å²) < 4.78 is 10.5. The monoisotopic (exact) mass is 333 g/mol. The molecule has 0 radical (unpaired) electrons. The van der Waals surface area contributed by atoms with Crippen LogP contribution in [0, 0.1) is 0 Å². The second-order valence-electron chi connectivity index (χ2n) is 4.79. The van der Waals surface area contributed by atoms with E-state index >= 15 is 0 Å². The van der Waals surface area contributed by atoms with Crippen molar-refractivity contribution < 1.29 is 19.1 Å². The molecule has 1 fully saturated rings. The molecule has 7 nitrogen and oxygen atoms in total. The van der Waals surface area contributed by atoms with Crippen LogP contribution in [0.25, 0.3) is 0 Å². The van der Waals surface area contributed by atoms with Gasteiger partial charge in [0.2, 0.25) is 0 Å². The van der Waals surface area contributed by atoms with Gasteiger partial charge in [-0.3, -0.25) is 14.9 Å². The largest absolute Gasteiger partial charge is 0.376 e. The number of anilines is 2. The van der Waals surface area contributed by atoms with Gasteiger partial charge in [-0.15, -0.1) is 11.3 Å². The highest BCUT2D eigenvalue weighted by molar-refractivity contribution is 7.13. The molecule has 2 aromatic rings. The third-order valence-electron chi connectivity index (χ3n) is 3.18. The standard InChI is InChI=1S/C15H15N3O4S/c19-13(18-15-16-5-8-23-15)10-1-3-11(4-2-10)17-14(20)12-9-21-6-7-22-12/h1-5,8,12H,6-7,9H2,(H,17,20)(H,16,18,19). The van der Waals surface area contributed by atoms with Crippen LogP contribution in [-0.2, 0) is 14.3 Å². The lowest BCUT2D eigenvalue weighted by atomic mass is 10.2. The van der Waals surface area contributed by atoms with Gasteiger partial charge in [0.1, 0.15) is 0 Å². The van der Waals surface area contributed by atoms with E-state index in [4.69, 9.17) is 9.47 Å². The van der Waals surface area contributed by atoms with Gasteiger partial charge in [-0.25, -0.2) is 4.98 Å². The van der Waals surface area contributed by atoms with Gasteiger partial charge in [-0.05, 0) is 24.3 Å². The number of thiazole rings is 1. The molecule has 1 aliphatic heterocycles. The Morgan fingerprint density at radius 1 is 1.17 bits per heavy atom. The van der Waals surface area contributed by atoms with Crippen molar-refractivity contribution in [2.24, 2.45) is 0 Å². The predicted molar refractivity (Wildman–Crippen MR) is 85.7 cm³/mol. The Hall–Kier alpha value is -2.29. The number of hydrogen-bond acceptors (Lipinski definition) is 6. The number of ether oxygens (including phenoxy) is 2. The van der Waals surface area contributed by atoms with Crippen molar-refractivity contribution in [3.8, 4) is 0 Å². The maximum atomic E-state index is 12.0. The summed E-state index contributed by atoms with van der Waals surface area (Å²) in [5, 5.41) is 7.76. The predicted octanol–water partition coefficient (Wildman–Crippen LogP) is 1.75. The van der Waals surface area contributed by atoms with E-state index in [0.29, 0.717) is 29.6 Å². The molecule has 0 spiro atoms. The van der Waals surface area contributed by atoms with Gasteiger partial charge in [0.15, 0.2) is 11.2 Å². The van der Waals surface area contributed by atoms with Crippen molar-refractivity contribution >= 4 is 34.0 Å². The normalized spacial score (nSPS) is 17.5. The molecule has 1 atom stereocenters. The first kappa shape index (κ1) is 15.6. The summed E-state index contributed by atoms with van der Waals surface area (Å²) in [4.78, 5) is 28.0. The minimum Gasteiger partial charge on any atom is -0.376 e. The van der Waals surface area contributed by atoms with E-state index in [1.54, 1.807) is 35.8 Å². The Balaban J connectivity index is 1.58. The highest BCUT2D eigenvalue weighted by atomic mass is 32.1. The number of nitrogens with zero attached hydrogens (tertiary/aromatic N) is 1. The van der Waals surface area contributed by atoms with Gasteiger partial charge in [0.05, 0.1) is 19.8 Å². The maximum Gasteiger partial charge on any atom is 0.257 e. The molecular formula is C15H15N3O4S. The molecule has 3 rings (SSSR count). The van der Waals surface area contributed by atoms with Crippen molar-refractivity contribution in [3.05, 3.63) is 41.4 Å². The van der Waals surface area contributed by atoms with Crippen molar-refractivity contribution in [1.29, 1.82) is 0 Å². The first-order chi connectivity index (χ1) is 11.2. The number of rotatable bonds is 4. The van der Waals surface area contributed by atoms with Crippen LogP contribution < -0.4 is 10.6 Å². The number of carbonyl (C=O) groups is 2. The molecule has 1 unspecified atom stereocenters. The lowest BCUT2D eigenvalue weighted by Gasteiger charge is -2.22. The van der Waals surface area contributed by atoms with Crippen molar-refractivity contribution in [1.82, 2.24) is 4.98 Å². The Bertz CT molecular complexity index is 667. The van der Waals surface area contributed by atoms with E-state index in [1.807, 2.05) is 0 Å². The molecule has 0 saturated carbocycles. The third kappa shape index (κ3) is 4.13. The lowest BCUT2D eigenvalue weighted by Crippen LogP contribution is -2.39. The van der Waals surface area contributed by atoms with Crippen LogP contribution in [0.4, 0.5) is 10.8 Å². The molecule has 8 heteroatoms. The molecular weight excluding hydrogens is 318 g/mol. The third-order valence-corrected chi connectivity index (χ3v) is 3.86. The molecule has 23 heavy (non-hydrogen) atoms. The average molecular weight is 333 g/mol. The molecule has 2 heterocycles. The highest BCUT2D eigenvalue weighted by Gasteiger charge is 2.22. The zero-order valence-corrected chi connectivity index (χ0v) is 13.0. The summed E-state index contributed by atoms with van der Waals surface area (Å²) in [5.74, 6) is -0.508. The Morgan fingerprint density at radius 2 is 2.00 bits per heavy atom. The van der Waals surface area contributed by atoms with Crippen LogP contribution in [0.2, 0.25) is 0 Å². The zero-order valence-electron chi connectivity index (χ0n) is 12.2. The van der Waals surface area contributed by atoms with E-state index in [0.717, 1.165) is 0 Å². The maximum absolute atomic E-state index is 12.0. The van der Waals surface area contributed by atoms with Gasteiger partial charge >= 0.3 is 0 Å². The van der Waals surface area contributed by atoms with Crippen LogP contribution in [0.5, 0.6) is 0 Å². The molecule has 0 bridgehead atoms. The molecule has 2 N–H and O–H groups in total. The molecule has 1 aromatic heterocycles. The van der Waals surface area contributed by atoms with E-state index in [1.165, 1.54) is 11.3 Å². The van der Waals surface area contributed by atoms with Crippen molar-refractivity contribution in [2.75, 3.05) is 30.5 Å².